The lowest BCUT2D eigenvalue weighted by molar-refractivity contribution is -0.143. The molecule has 2 rings (SSSR count). The molecule has 2 aromatic carbocycles. The fraction of sp³-hybridized carbons (Fsp3) is 0.250. The number of hydrogen-bond acceptors (Lipinski definition) is 6. The highest BCUT2D eigenvalue weighted by atomic mass is 35.5. The average molecular weight is 457 g/mol. The Bertz CT molecular complexity index is 957. The number of nitrogens with one attached hydrogen (secondary N) is 1. The lowest BCUT2D eigenvalue weighted by Crippen LogP contribution is -2.35. The molecule has 2 aromatic rings. The van der Waals surface area contributed by atoms with Crippen molar-refractivity contribution in [3.8, 4) is 11.5 Å². The Morgan fingerprint density at radius 1 is 1.13 bits per heavy atom. The van der Waals surface area contributed by atoms with Crippen LogP contribution in [0, 0.1) is 0 Å². The number of nitrogens with two attached hydrogens (primary N) is 1. The van der Waals surface area contributed by atoms with Crippen LogP contribution in [0.15, 0.2) is 42.5 Å². The summed E-state index contributed by atoms with van der Waals surface area (Å²) in [4.78, 5) is 35.8. The molecule has 0 bridgehead atoms. The van der Waals surface area contributed by atoms with Crippen LogP contribution in [-0.2, 0) is 9.53 Å². The summed E-state index contributed by atoms with van der Waals surface area (Å²) in [7, 11) is 1.22. The second kappa shape index (κ2) is 11.1. The maximum absolute atomic E-state index is 12.4. The number of urea groups is 1. The maximum Gasteiger partial charge on any atom is 0.387 e. The van der Waals surface area contributed by atoms with E-state index >= 15 is 0 Å². The molecule has 2 amide bonds. The number of ketones is 1. The van der Waals surface area contributed by atoms with Crippen molar-refractivity contribution in [1.82, 2.24) is 5.32 Å². The van der Waals surface area contributed by atoms with E-state index in [9.17, 15) is 23.2 Å². The second-order valence-electron chi connectivity index (χ2n) is 6.11. The highest BCUT2D eigenvalue weighted by molar-refractivity contribution is 6.31. The van der Waals surface area contributed by atoms with Crippen molar-refractivity contribution in [1.29, 1.82) is 0 Å². The van der Waals surface area contributed by atoms with E-state index in [0.717, 1.165) is 6.07 Å². The third-order valence-corrected chi connectivity index (χ3v) is 4.38. The number of ether oxygens (including phenoxy) is 3. The number of alkyl halides is 2. The summed E-state index contributed by atoms with van der Waals surface area (Å²) in [5, 5.41) is 2.71. The molecule has 0 fully saturated rings. The van der Waals surface area contributed by atoms with Crippen LogP contribution in [-0.4, -0.2) is 38.1 Å². The molecule has 0 unspecified atom stereocenters. The van der Waals surface area contributed by atoms with E-state index in [1.807, 2.05) is 0 Å². The number of carbonyl (C=O) groups excluding carboxylic acids is 3. The molecule has 0 aliphatic heterocycles. The zero-order valence-corrected chi connectivity index (χ0v) is 17.0. The van der Waals surface area contributed by atoms with Gasteiger partial charge in [0.1, 0.15) is 0 Å². The van der Waals surface area contributed by atoms with Gasteiger partial charge >= 0.3 is 18.6 Å². The molecule has 1 atom stereocenters. The van der Waals surface area contributed by atoms with E-state index in [4.69, 9.17) is 26.8 Å². The first-order valence-corrected chi connectivity index (χ1v) is 9.21. The van der Waals surface area contributed by atoms with Crippen molar-refractivity contribution < 1.29 is 37.4 Å². The van der Waals surface area contributed by atoms with Gasteiger partial charge in [0.05, 0.1) is 19.6 Å². The fourth-order valence-electron chi connectivity index (χ4n) is 2.66. The van der Waals surface area contributed by atoms with E-state index < -0.39 is 37.0 Å². The molecule has 31 heavy (non-hydrogen) atoms. The Morgan fingerprint density at radius 2 is 1.84 bits per heavy atom. The van der Waals surface area contributed by atoms with Gasteiger partial charge in [0.25, 0.3) is 0 Å². The number of rotatable bonds is 10. The highest BCUT2D eigenvalue weighted by Crippen LogP contribution is 2.30. The zero-order valence-electron chi connectivity index (χ0n) is 16.3. The molecule has 8 nitrogen and oxygen atoms in total. The van der Waals surface area contributed by atoms with Crippen LogP contribution in [0.25, 0.3) is 0 Å². The van der Waals surface area contributed by atoms with Gasteiger partial charge < -0.3 is 25.3 Å². The first kappa shape index (κ1) is 23.9. The van der Waals surface area contributed by atoms with Gasteiger partial charge in [-0.1, -0.05) is 29.8 Å². The topological polar surface area (TPSA) is 117 Å². The second-order valence-corrected chi connectivity index (χ2v) is 6.52. The Hall–Kier alpha value is -3.40. The Morgan fingerprint density at radius 3 is 2.45 bits per heavy atom. The van der Waals surface area contributed by atoms with Crippen molar-refractivity contribution in [3.05, 3.63) is 58.6 Å². The molecule has 0 saturated heterocycles. The smallest absolute Gasteiger partial charge is 0.387 e. The monoisotopic (exact) mass is 456 g/mol. The van der Waals surface area contributed by atoms with Crippen LogP contribution in [0.1, 0.15) is 28.4 Å². The quantitative estimate of drug-likeness (QED) is 0.417. The number of Topliss-reactive ketones (excluding diaryl/α,β-unsaturated/α-hetero) is 1. The van der Waals surface area contributed by atoms with Gasteiger partial charge in [0, 0.05) is 10.6 Å². The zero-order chi connectivity index (χ0) is 23.0. The maximum atomic E-state index is 12.4. The number of halogens is 3. The third-order valence-electron chi connectivity index (χ3n) is 4.03. The van der Waals surface area contributed by atoms with E-state index in [1.54, 1.807) is 24.3 Å². The molecule has 0 aliphatic carbocycles. The minimum absolute atomic E-state index is 0.0594. The lowest BCUT2D eigenvalue weighted by Gasteiger charge is -2.18. The summed E-state index contributed by atoms with van der Waals surface area (Å²) in [6.45, 7) is -3.68. The largest absolute Gasteiger partial charge is 0.493 e. The number of esters is 1. The van der Waals surface area contributed by atoms with Gasteiger partial charge in [-0.15, -0.1) is 0 Å². The molecular formula is C20H19ClF2N2O6. The summed E-state index contributed by atoms with van der Waals surface area (Å²) in [5.41, 5.74) is 5.66. The van der Waals surface area contributed by atoms with Crippen LogP contribution >= 0.6 is 11.6 Å². The van der Waals surface area contributed by atoms with Gasteiger partial charge in [-0.2, -0.15) is 8.78 Å². The number of methoxy groups -OCH3 is 1. The Balaban J connectivity index is 2.03. The highest BCUT2D eigenvalue weighted by Gasteiger charge is 2.22. The summed E-state index contributed by atoms with van der Waals surface area (Å²) in [5.74, 6) is -1.72. The van der Waals surface area contributed by atoms with E-state index in [-0.39, 0.29) is 23.5 Å². The SMILES string of the molecule is COc1cc(C(=O)COC(=O)C[C@H](NC(N)=O)c2ccccc2Cl)ccc1OC(F)F. The molecule has 11 heteroatoms. The van der Waals surface area contributed by atoms with E-state index in [0.29, 0.717) is 10.6 Å². The minimum atomic E-state index is -3.06. The number of benzene rings is 2. The number of primary amides is 1. The molecule has 166 valence electrons. The molecule has 0 radical (unpaired) electrons. The number of hydrogen-bond donors (Lipinski definition) is 2. The van der Waals surface area contributed by atoms with E-state index in [2.05, 4.69) is 10.1 Å². The Labute approximate surface area is 181 Å². The molecular weight excluding hydrogens is 438 g/mol. The predicted molar refractivity (Wildman–Crippen MR) is 106 cm³/mol. The van der Waals surface area contributed by atoms with Gasteiger partial charge in [0.15, 0.2) is 23.9 Å². The fourth-order valence-corrected chi connectivity index (χ4v) is 2.92. The van der Waals surface area contributed by atoms with Gasteiger partial charge in [-0.3, -0.25) is 9.59 Å². The normalized spacial score (nSPS) is 11.5. The van der Waals surface area contributed by atoms with Crippen LogP contribution < -0.4 is 20.5 Å². The Kier molecular flexibility index (Phi) is 8.56. The summed E-state index contributed by atoms with van der Waals surface area (Å²) in [6, 6.07) is 8.37. The van der Waals surface area contributed by atoms with Gasteiger partial charge in [0.2, 0.25) is 0 Å². The third kappa shape index (κ3) is 7.10. The summed E-state index contributed by atoms with van der Waals surface area (Å²) < 4.78 is 39.0. The standard InChI is InChI=1S/C20H19ClF2N2O6/c1-29-17-8-11(6-7-16(17)31-19(22)23)15(26)10-30-18(27)9-14(25-20(24)28)12-4-2-3-5-13(12)21/h2-8,14,19H,9-10H2,1H3,(H3,24,25,28)/t14-/m0/s1. The van der Waals surface area contributed by atoms with Gasteiger partial charge in [-0.05, 0) is 29.8 Å². The van der Waals surface area contributed by atoms with Crippen molar-refractivity contribution in [3.63, 3.8) is 0 Å². The van der Waals surface area contributed by atoms with Crippen LogP contribution in [0.2, 0.25) is 5.02 Å². The minimum Gasteiger partial charge on any atom is -0.493 e. The van der Waals surface area contributed by atoms with Crippen LogP contribution in [0.5, 0.6) is 11.5 Å². The number of carbonyl (C=O) groups is 3. The van der Waals surface area contributed by atoms with Crippen molar-refractivity contribution in [2.24, 2.45) is 5.73 Å². The van der Waals surface area contributed by atoms with Crippen molar-refractivity contribution >= 4 is 29.4 Å². The van der Waals surface area contributed by atoms with Crippen molar-refractivity contribution in [2.75, 3.05) is 13.7 Å². The van der Waals surface area contributed by atoms with Gasteiger partial charge in [-0.25, -0.2) is 4.79 Å². The first-order chi connectivity index (χ1) is 14.7. The summed E-state index contributed by atoms with van der Waals surface area (Å²) >= 11 is 6.10. The van der Waals surface area contributed by atoms with Crippen LogP contribution in [0.4, 0.5) is 13.6 Å². The molecule has 0 aromatic heterocycles. The molecule has 0 saturated carbocycles. The van der Waals surface area contributed by atoms with E-state index in [1.165, 1.54) is 19.2 Å². The molecule has 0 aliphatic rings. The molecule has 3 N–H and O–H groups in total. The van der Waals surface area contributed by atoms with Crippen molar-refractivity contribution in [2.45, 2.75) is 19.1 Å². The predicted octanol–water partition coefficient (Wildman–Crippen LogP) is 3.48. The van der Waals surface area contributed by atoms with Crippen LogP contribution in [0.3, 0.4) is 0 Å². The first-order valence-electron chi connectivity index (χ1n) is 8.83. The summed E-state index contributed by atoms with van der Waals surface area (Å²) in [6.07, 6.45) is -0.329. The average Bonchev–Trinajstić information content (AvgIpc) is 2.71. The number of amides is 2. The lowest BCUT2D eigenvalue weighted by atomic mass is 10.0. The molecule has 0 heterocycles. The molecule has 0 spiro atoms.